The molecule has 28 heavy (non-hydrogen) atoms. The molecule has 0 saturated heterocycles. The highest BCUT2D eigenvalue weighted by Crippen LogP contribution is 2.43. The van der Waals surface area contributed by atoms with Gasteiger partial charge in [-0.15, -0.1) is 0 Å². The first-order valence-corrected chi connectivity index (χ1v) is 9.08. The maximum atomic E-state index is 12.0. The summed E-state index contributed by atoms with van der Waals surface area (Å²) in [4.78, 5) is 35.1. The molecule has 1 unspecified atom stereocenters. The van der Waals surface area contributed by atoms with Crippen molar-refractivity contribution in [3.8, 4) is 5.75 Å². The van der Waals surface area contributed by atoms with Crippen molar-refractivity contribution in [2.75, 3.05) is 13.7 Å². The lowest BCUT2D eigenvalue weighted by atomic mass is 9.95. The molecule has 1 aromatic carbocycles. The Morgan fingerprint density at radius 3 is 2.57 bits per heavy atom. The summed E-state index contributed by atoms with van der Waals surface area (Å²) in [5, 5.41) is 0. The number of hydrogen-bond donors (Lipinski definition) is 0. The van der Waals surface area contributed by atoms with Crippen LogP contribution in [-0.2, 0) is 28.6 Å². The van der Waals surface area contributed by atoms with E-state index < -0.39 is 36.2 Å². The van der Waals surface area contributed by atoms with Crippen molar-refractivity contribution in [3.05, 3.63) is 41.0 Å². The second kappa shape index (κ2) is 9.50. The molecule has 1 aliphatic heterocycles. The molecule has 0 amide bonds. The number of carbonyl (C=O) groups excluding carboxylic acids is 3. The van der Waals surface area contributed by atoms with E-state index in [2.05, 4.69) is 0 Å². The summed E-state index contributed by atoms with van der Waals surface area (Å²) in [6.45, 7) is 6.65. The largest absolute Gasteiger partial charge is 0.485 e. The zero-order valence-corrected chi connectivity index (χ0v) is 16.8. The van der Waals surface area contributed by atoms with Gasteiger partial charge in [-0.2, -0.15) is 0 Å². The number of rotatable bonds is 8. The van der Waals surface area contributed by atoms with Crippen LogP contribution in [0.2, 0.25) is 0 Å². The lowest BCUT2D eigenvalue weighted by Crippen LogP contribution is -2.34. The third-order valence-electron chi connectivity index (χ3n) is 4.66. The van der Waals surface area contributed by atoms with Crippen LogP contribution in [0.3, 0.4) is 0 Å². The molecule has 152 valence electrons. The van der Waals surface area contributed by atoms with E-state index in [4.69, 9.17) is 18.9 Å². The molecule has 0 spiro atoms. The molecule has 0 saturated carbocycles. The zero-order chi connectivity index (χ0) is 20.8. The topological polar surface area (TPSA) is 88.1 Å². The lowest BCUT2D eigenvalue weighted by Gasteiger charge is -2.23. The van der Waals surface area contributed by atoms with Crippen molar-refractivity contribution < 1.29 is 33.3 Å². The highest BCUT2D eigenvalue weighted by molar-refractivity contribution is 5.87. The monoisotopic (exact) mass is 390 g/mol. The van der Waals surface area contributed by atoms with Gasteiger partial charge in [0.05, 0.1) is 12.5 Å². The molecule has 7 nitrogen and oxygen atoms in total. The standard InChI is InChI=1S/C21H26O7/c1-6-12(2)21(24)26-13(3)15-7-8-18-17(9-15)20(27-14(4)23)19(28-18)16(10-22)11-25-5/h6-10,13,16,19-20H,11H2,1-5H3/b12-6+/t13?,16-,19+,20-/m1/s1. The second-order valence-corrected chi connectivity index (χ2v) is 6.68. The van der Waals surface area contributed by atoms with E-state index in [-0.39, 0.29) is 6.61 Å². The summed E-state index contributed by atoms with van der Waals surface area (Å²) >= 11 is 0. The number of hydrogen-bond acceptors (Lipinski definition) is 7. The van der Waals surface area contributed by atoms with Gasteiger partial charge >= 0.3 is 11.9 Å². The van der Waals surface area contributed by atoms with Crippen molar-refractivity contribution in [3.63, 3.8) is 0 Å². The van der Waals surface area contributed by atoms with Gasteiger partial charge in [0.15, 0.2) is 12.2 Å². The highest BCUT2D eigenvalue weighted by Gasteiger charge is 2.42. The number of fused-ring (bicyclic) bond motifs is 1. The predicted octanol–water partition coefficient (Wildman–Crippen LogP) is 3.08. The van der Waals surface area contributed by atoms with Gasteiger partial charge in [-0.1, -0.05) is 12.1 Å². The first kappa shape index (κ1) is 21.6. The van der Waals surface area contributed by atoms with Gasteiger partial charge in [-0.25, -0.2) is 4.79 Å². The van der Waals surface area contributed by atoms with E-state index in [1.165, 1.54) is 14.0 Å². The van der Waals surface area contributed by atoms with E-state index in [0.29, 0.717) is 16.9 Å². The first-order valence-electron chi connectivity index (χ1n) is 9.08. The number of ether oxygens (including phenoxy) is 4. The van der Waals surface area contributed by atoms with Crippen LogP contribution in [0.4, 0.5) is 0 Å². The number of esters is 2. The summed E-state index contributed by atoms with van der Waals surface area (Å²) in [7, 11) is 1.49. The minimum Gasteiger partial charge on any atom is -0.485 e. The SMILES string of the molecule is C/C=C(\C)C(=O)OC(C)c1ccc2c(c1)[C@@H](OC(C)=O)[C@H]([C@H](C=O)COC)O2. The number of carbonyl (C=O) groups is 3. The van der Waals surface area contributed by atoms with Gasteiger partial charge in [-0.3, -0.25) is 4.79 Å². The smallest absolute Gasteiger partial charge is 0.333 e. The fraction of sp³-hybridized carbons (Fsp3) is 0.476. The molecular weight excluding hydrogens is 364 g/mol. The molecule has 0 N–H and O–H groups in total. The molecule has 1 aromatic rings. The average molecular weight is 390 g/mol. The van der Waals surface area contributed by atoms with Gasteiger partial charge < -0.3 is 23.7 Å². The van der Waals surface area contributed by atoms with E-state index in [1.54, 1.807) is 45.0 Å². The summed E-state index contributed by atoms with van der Waals surface area (Å²) in [6.07, 6.45) is 0.475. The number of methoxy groups -OCH3 is 1. The molecule has 1 aliphatic rings. The Hall–Kier alpha value is -2.67. The van der Waals surface area contributed by atoms with Crippen molar-refractivity contribution in [1.29, 1.82) is 0 Å². The van der Waals surface area contributed by atoms with Crippen molar-refractivity contribution in [2.45, 2.75) is 46.0 Å². The van der Waals surface area contributed by atoms with Crippen LogP contribution in [0.15, 0.2) is 29.8 Å². The average Bonchev–Trinajstić information content (AvgIpc) is 3.02. The molecule has 0 aliphatic carbocycles. The number of benzene rings is 1. The molecule has 0 fully saturated rings. The van der Waals surface area contributed by atoms with Crippen LogP contribution in [0.25, 0.3) is 0 Å². The van der Waals surface area contributed by atoms with Crippen LogP contribution in [0, 0.1) is 5.92 Å². The molecule has 7 heteroatoms. The minimum atomic E-state index is -0.752. The van der Waals surface area contributed by atoms with E-state index >= 15 is 0 Å². The number of allylic oxidation sites excluding steroid dienone is 1. The summed E-state index contributed by atoms with van der Waals surface area (Å²) in [5.41, 5.74) is 1.88. The van der Waals surface area contributed by atoms with Crippen LogP contribution >= 0.6 is 0 Å². The summed E-state index contributed by atoms with van der Waals surface area (Å²) < 4.78 is 21.9. The van der Waals surface area contributed by atoms with Gasteiger partial charge in [0.25, 0.3) is 0 Å². The molecule has 0 bridgehead atoms. The second-order valence-electron chi connectivity index (χ2n) is 6.68. The molecule has 4 atom stereocenters. The summed E-state index contributed by atoms with van der Waals surface area (Å²) in [5.74, 6) is -0.965. The summed E-state index contributed by atoms with van der Waals surface area (Å²) in [6, 6.07) is 5.28. The number of aldehydes is 1. The fourth-order valence-corrected chi connectivity index (χ4v) is 3.00. The van der Waals surface area contributed by atoms with Crippen molar-refractivity contribution in [1.82, 2.24) is 0 Å². The van der Waals surface area contributed by atoms with Gasteiger partial charge in [-0.05, 0) is 38.5 Å². The molecule has 0 aromatic heterocycles. The Morgan fingerprint density at radius 1 is 1.29 bits per heavy atom. The molecule has 1 heterocycles. The Balaban J connectivity index is 2.32. The molecular formula is C21H26O7. The Morgan fingerprint density at radius 2 is 2.00 bits per heavy atom. The zero-order valence-electron chi connectivity index (χ0n) is 16.8. The predicted molar refractivity (Wildman–Crippen MR) is 101 cm³/mol. The molecule has 0 radical (unpaired) electrons. The lowest BCUT2D eigenvalue weighted by molar-refractivity contribution is -0.153. The Bertz CT molecular complexity index is 768. The minimum absolute atomic E-state index is 0.142. The molecule has 2 rings (SSSR count). The van der Waals surface area contributed by atoms with Gasteiger partial charge in [0, 0.05) is 25.2 Å². The fourth-order valence-electron chi connectivity index (χ4n) is 3.00. The quantitative estimate of drug-likeness (QED) is 0.383. The van der Waals surface area contributed by atoms with Gasteiger partial charge in [0.2, 0.25) is 0 Å². The first-order chi connectivity index (χ1) is 13.3. The highest BCUT2D eigenvalue weighted by atomic mass is 16.6. The van der Waals surface area contributed by atoms with Crippen LogP contribution in [0.1, 0.15) is 51.0 Å². The Labute approximate surface area is 164 Å². The van der Waals surface area contributed by atoms with Crippen LogP contribution in [0.5, 0.6) is 5.75 Å². The van der Waals surface area contributed by atoms with E-state index in [0.717, 1.165) is 11.8 Å². The van der Waals surface area contributed by atoms with Crippen molar-refractivity contribution in [2.24, 2.45) is 5.92 Å². The van der Waals surface area contributed by atoms with Crippen LogP contribution < -0.4 is 4.74 Å². The maximum absolute atomic E-state index is 12.0. The van der Waals surface area contributed by atoms with Crippen molar-refractivity contribution >= 4 is 18.2 Å². The van der Waals surface area contributed by atoms with E-state index in [9.17, 15) is 14.4 Å². The maximum Gasteiger partial charge on any atom is 0.333 e. The third-order valence-corrected chi connectivity index (χ3v) is 4.66. The normalized spacial score (nSPS) is 20.5. The van der Waals surface area contributed by atoms with Gasteiger partial charge in [0.1, 0.15) is 18.1 Å². The van der Waals surface area contributed by atoms with E-state index in [1.807, 2.05) is 0 Å². The van der Waals surface area contributed by atoms with Crippen LogP contribution in [-0.4, -0.2) is 38.0 Å². The Kier molecular flexibility index (Phi) is 7.34. The third kappa shape index (κ3) is 4.78.